The van der Waals surface area contributed by atoms with Gasteiger partial charge in [-0.05, 0) is 48.5 Å². The van der Waals surface area contributed by atoms with Gasteiger partial charge in [0.05, 0.1) is 5.69 Å². The Morgan fingerprint density at radius 2 is 1.48 bits per heavy atom. The lowest BCUT2D eigenvalue weighted by atomic mass is 10.2. The molecule has 7 heteroatoms. The highest BCUT2D eigenvalue weighted by Crippen LogP contribution is 2.34. The standard InChI is InChI=1S/C22H17FN4O2/c23-16-11-13-18(14-12-16)26(17-7-3-1-4-8-17)21-15-20(22(28)25-29)27(24-21)19-9-5-2-6-10-19/h1-15,29H,(H,25,28). The molecule has 0 bridgehead atoms. The van der Waals surface area contributed by atoms with E-state index in [0.29, 0.717) is 17.2 Å². The molecule has 1 amide bonds. The highest BCUT2D eigenvalue weighted by atomic mass is 19.1. The molecule has 3 aromatic carbocycles. The van der Waals surface area contributed by atoms with Crippen LogP contribution in [0.3, 0.4) is 0 Å². The van der Waals surface area contributed by atoms with Crippen LogP contribution in [0.2, 0.25) is 0 Å². The fraction of sp³-hybridized carbons (Fsp3) is 0. The quantitative estimate of drug-likeness (QED) is 0.387. The number of carbonyl (C=O) groups excluding carboxylic acids is 1. The predicted octanol–water partition coefficient (Wildman–Crippen LogP) is 4.60. The third-order valence-electron chi connectivity index (χ3n) is 4.36. The van der Waals surface area contributed by atoms with Gasteiger partial charge < -0.3 is 0 Å². The fourth-order valence-corrected chi connectivity index (χ4v) is 3.04. The van der Waals surface area contributed by atoms with Crippen LogP contribution in [0, 0.1) is 5.82 Å². The molecule has 144 valence electrons. The van der Waals surface area contributed by atoms with E-state index in [-0.39, 0.29) is 11.5 Å². The Bertz CT molecular complexity index is 1110. The van der Waals surface area contributed by atoms with Crippen LogP contribution in [0.15, 0.2) is 91.0 Å². The molecule has 4 aromatic rings. The molecule has 1 heterocycles. The molecular formula is C22H17FN4O2. The minimum absolute atomic E-state index is 0.150. The minimum atomic E-state index is -0.695. The van der Waals surface area contributed by atoms with Crippen LogP contribution in [0.1, 0.15) is 10.5 Å². The first-order valence-corrected chi connectivity index (χ1v) is 8.88. The van der Waals surface area contributed by atoms with E-state index in [1.54, 1.807) is 40.7 Å². The van der Waals surface area contributed by atoms with E-state index in [1.807, 2.05) is 48.5 Å². The average Bonchev–Trinajstić information content (AvgIpc) is 3.21. The first-order chi connectivity index (χ1) is 14.2. The molecule has 0 aliphatic carbocycles. The largest absolute Gasteiger partial charge is 0.294 e. The minimum Gasteiger partial charge on any atom is -0.294 e. The van der Waals surface area contributed by atoms with E-state index in [1.165, 1.54) is 16.8 Å². The fourth-order valence-electron chi connectivity index (χ4n) is 3.04. The van der Waals surface area contributed by atoms with Crippen LogP contribution in [0.5, 0.6) is 0 Å². The molecule has 0 fully saturated rings. The summed E-state index contributed by atoms with van der Waals surface area (Å²) in [4.78, 5) is 14.1. The second-order valence-corrected chi connectivity index (χ2v) is 6.22. The number of amides is 1. The number of nitrogens with zero attached hydrogens (tertiary/aromatic N) is 3. The van der Waals surface area contributed by atoms with Gasteiger partial charge in [0.15, 0.2) is 5.82 Å². The first-order valence-electron chi connectivity index (χ1n) is 8.88. The second kappa shape index (κ2) is 7.95. The molecule has 0 spiro atoms. The summed E-state index contributed by atoms with van der Waals surface area (Å²) in [6.07, 6.45) is 0. The van der Waals surface area contributed by atoms with Crippen molar-refractivity contribution in [3.63, 3.8) is 0 Å². The first kappa shape index (κ1) is 18.4. The lowest BCUT2D eigenvalue weighted by molar-refractivity contribution is 0.0697. The smallest absolute Gasteiger partial charge is 0.293 e. The Morgan fingerprint density at radius 1 is 0.897 bits per heavy atom. The molecule has 0 aliphatic rings. The van der Waals surface area contributed by atoms with Gasteiger partial charge in [0.25, 0.3) is 5.91 Å². The van der Waals surface area contributed by atoms with E-state index in [2.05, 4.69) is 5.10 Å². The molecular weight excluding hydrogens is 371 g/mol. The summed E-state index contributed by atoms with van der Waals surface area (Å²) >= 11 is 0. The lowest BCUT2D eigenvalue weighted by Crippen LogP contribution is -2.22. The Kier molecular flexibility index (Phi) is 5.05. The molecule has 0 saturated carbocycles. The topological polar surface area (TPSA) is 70.4 Å². The zero-order chi connectivity index (χ0) is 20.2. The predicted molar refractivity (Wildman–Crippen MR) is 107 cm³/mol. The van der Waals surface area contributed by atoms with Gasteiger partial charge in [-0.2, -0.15) is 0 Å². The van der Waals surface area contributed by atoms with E-state index in [0.717, 1.165) is 5.69 Å². The van der Waals surface area contributed by atoms with Crippen molar-refractivity contribution in [2.75, 3.05) is 4.90 Å². The van der Waals surface area contributed by atoms with Crippen molar-refractivity contribution in [2.45, 2.75) is 0 Å². The number of hydroxylamine groups is 1. The number of rotatable bonds is 5. The van der Waals surface area contributed by atoms with Gasteiger partial charge in [-0.1, -0.05) is 36.4 Å². The number of nitrogens with one attached hydrogen (secondary N) is 1. The van der Waals surface area contributed by atoms with Crippen molar-refractivity contribution in [3.05, 3.63) is 103 Å². The monoisotopic (exact) mass is 388 g/mol. The van der Waals surface area contributed by atoms with Crippen molar-refractivity contribution in [1.82, 2.24) is 15.3 Å². The van der Waals surface area contributed by atoms with Crippen molar-refractivity contribution in [3.8, 4) is 5.69 Å². The van der Waals surface area contributed by atoms with E-state index in [4.69, 9.17) is 0 Å². The summed E-state index contributed by atoms with van der Waals surface area (Å²) in [5.41, 5.74) is 3.93. The van der Waals surface area contributed by atoms with Gasteiger partial charge in [-0.15, -0.1) is 5.10 Å². The molecule has 29 heavy (non-hydrogen) atoms. The maximum absolute atomic E-state index is 13.5. The summed E-state index contributed by atoms with van der Waals surface area (Å²) in [6.45, 7) is 0. The molecule has 2 N–H and O–H groups in total. The van der Waals surface area contributed by atoms with Gasteiger partial charge >= 0.3 is 0 Å². The van der Waals surface area contributed by atoms with Crippen LogP contribution in [0.25, 0.3) is 5.69 Å². The van der Waals surface area contributed by atoms with Gasteiger partial charge in [0.2, 0.25) is 0 Å². The molecule has 6 nitrogen and oxygen atoms in total. The number of aromatic nitrogens is 2. The maximum Gasteiger partial charge on any atom is 0.293 e. The Morgan fingerprint density at radius 3 is 2.10 bits per heavy atom. The van der Waals surface area contributed by atoms with Crippen molar-refractivity contribution < 1.29 is 14.4 Å². The number of anilines is 3. The summed E-state index contributed by atoms with van der Waals surface area (Å²) in [6, 6.07) is 26.1. The highest BCUT2D eigenvalue weighted by Gasteiger charge is 2.22. The van der Waals surface area contributed by atoms with Crippen molar-refractivity contribution in [1.29, 1.82) is 0 Å². The number of halogens is 1. The second-order valence-electron chi connectivity index (χ2n) is 6.22. The van der Waals surface area contributed by atoms with Crippen LogP contribution in [0.4, 0.5) is 21.6 Å². The number of benzene rings is 3. The van der Waals surface area contributed by atoms with Gasteiger partial charge in [-0.25, -0.2) is 14.6 Å². The van der Waals surface area contributed by atoms with E-state index >= 15 is 0 Å². The van der Waals surface area contributed by atoms with Crippen molar-refractivity contribution >= 4 is 23.1 Å². The van der Waals surface area contributed by atoms with Gasteiger partial charge in [-0.3, -0.25) is 14.9 Å². The zero-order valence-electron chi connectivity index (χ0n) is 15.2. The third kappa shape index (κ3) is 3.71. The van der Waals surface area contributed by atoms with Crippen LogP contribution < -0.4 is 10.4 Å². The maximum atomic E-state index is 13.5. The number of hydrogen-bond acceptors (Lipinski definition) is 4. The van der Waals surface area contributed by atoms with Crippen LogP contribution in [-0.4, -0.2) is 20.9 Å². The van der Waals surface area contributed by atoms with Crippen LogP contribution in [-0.2, 0) is 0 Å². The van der Waals surface area contributed by atoms with Crippen LogP contribution >= 0.6 is 0 Å². The molecule has 0 aliphatic heterocycles. The number of para-hydroxylation sites is 2. The Balaban J connectivity index is 1.90. The summed E-state index contributed by atoms with van der Waals surface area (Å²) in [5, 5.41) is 13.8. The Labute approximate surface area is 166 Å². The molecule has 0 radical (unpaired) electrons. The summed E-state index contributed by atoms with van der Waals surface area (Å²) < 4.78 is 14.9. The molecule has 0 unspecified atom stereocenters. The van der Waals surface area contributed by atoms with Crippen molar-refractivity contribution in [2.24, 2.45) is 0 Å². The summed E-state index contributed by atoms with van der Waals surface area (Å²) in [7, 11) is 0. The SMILES string of the molecule is O=C(NO)c1cc(N(c2ccccc2)c2ccc(F)cc2)nn1-c1ccccc1. The Hall–Kier alpha value is -3.97. The van der Waals surface area contributed by atoms with Gasteiger partial charge in [0.1, 0.15) is 11.5 Å². The third-order valence-corrected chi connectivity index (χ3v) is 4.36. The van der Waals surface area contributed by atoms with E-state index in [9.17, 15) is 14.4 Å². The number of hydrogen-bond donors (Lipinski definition) is 2. The highest BCUT2D eigenvalue weighted by molar-refractivity contribution is 5.94. The number of carbonyl (C=O) groups is 1. The van der Waals surface area contributed by atoms with E-state index < -0.39 is 5.91 Å². The zero-order valence-corrected chi connectivity index (χ0v) is 15.2. The molecule has 1 aromatic heterocycles. The summed E-state index contributed by atoms with van der Waals surface area (Å²) in [5.74, 6) is -0.609. The average molecular weight is 388 g/mol. The lowest BCUT2D eigenvalue weighted by Gasteiger charge is -2.22. The molecule has 0 atom stereocenters. The normalized spacial score (nSPS) is 10.6. The van der Waals surface area contributed by atoms with Gasteiger partial charge in [0, 0.05) is 17.4 Å². The molecule has 0 saturated heterocycles. The molecule has 4 rings (SSSR count).